The Kier molecular flexibility index (Phi) is 7.68. The predicted octanol–water partition coefficient (Wildman–Crippen LogP) is 6.73. The molecule has 4 aromatic rings. The summed E-state index contributed by atoms with van der Waals surface area (Å²) in [5.41, 5.74) is 4.79. The molecule has 1 saturated carbocycles. The molecule has 0 aliphatic heterocycles. The Morgan fingerprint density at radius 1 is 0.946 bits per heavy atom. The van der Waals surface area contributed by atoms with Gasteiger partial charge in [0, 0.05) is 17.2 Å². The number of benzene rings is 2. The first-order chi connectivity index (χ1) is 18.2. The second-order valence-corrected chi connectivity index (χ2v) is 9.53. The first kappa shape index (κ1) is 24.8. The van der Waals surface area contributed by atoms with Crippen LogP contribution in [0.2, 0.25) is 0 Å². The summed E-state index contributed by atoms with van der Waals surface area (Å²) >= 11 is 0. The Labute approximate surface area is 217 Å². The monoisotopic (exact) mass is 498 g/mol. The molecule has 1 aliphatic carbocycles. The van der Waals surface area contributed by atoms with Gasteiger partial charge in [-0.15, -0.1) is 0 Å². The maximum atomic E-state index is 13.4. The molecule has 0 radical (unpaired) electrons. The van der Waals surface area contributed by atoms with Gasteiger partial charge in [0.2, 0.25) is 0 Å². The van der Waals surface area contributed by atoms with Crippen molar-refractivity contribution < 1.29 is 9.47 Å². The van der Waals surface area contributed by atoms with Gasteiger partial charge in [0.25, 0.3) is 5.56 Å². The van der Waals surface area contributed by atoms with Gasteiger partial charge < -0.3 is 14.5 Å². The first-order valence-electron chi connectivity index (χ1n) is 13.3. The van der Waals surface area contributed by atoms with Crippen LogP contribution in [-0.2, 0) is 0 Å². The lowest BCUT2D eigenvalue weighted by atomic mass is 9.96. The van der Waals surface area contributed by atoms with E-state index in [1.54, 1.807) is 0 Å². The molecule has 5 rings (SSSR count). The van der Waals surface area contributed by atoms with E-state index in [2.05, 4.69) is 51.4 Å². The summed E-state index contributed by atoms with van der Waals surface area (Å²) in [7, 11) is 0. The van der Waals surface area contributed by atoms with Gasteiger partial charge in [0.1, 0.15) is 17.8 Å². The van der Waals surface area contributed by atoms with E-state index in [0.29, 0.717) is 42.0 Å². The van der Waals surface area contributed by atoms with Gasteiger partial charge in [0.05, 0.1) is 24.5 Å². The van der Waals surface area contributed by atoms with Crippen molar-refractivity contribution in [2.24, 2.45) is 0 Å². The fraction of sp³-hybridized carbons (Fsp3) is 0.367. The molecule has 0 unspecified atom stereocenters. The molecule has 0 amide bonds. The number of ether oxygens (including phenoxy) is 2. The van der Waals surface area contributed by atoms with Gasteiger partial charge in [-0.05, 0) is 61.4 Å². The van der Waals surface area contributed by atoms with E-state index >= 15 is 0 Å². The third-order valence-electron chi connectivity index (χ3n) is 6.77. The van der Waals surface area contributed by atoms with E-state index in [4.69, 9.17) is 9.47 Å². The van der Waals surface area contributed by atoms with Crippen LogP contribution in [0.1, 0.15) is 63.9 Å². The summed E-state index contributed by atoms with van der Waals surface area (Å²) in [4.78, 5) is 20.8. The van der Waals surface area contributed by atoms with Gasteiger partial charge >= 0.3 is 0 Å². The normalized spacial score (nSPS) is 13.0. The molecule has 7 nitrogen and oxygen atoms in total. The number of aromatic nitrogens is 4. The minimum atomic E-state index is -0.241. The molecule has 1 aliphatic rings. The van der Waals surface area contributed by atoms with Crippen molar-refractivity contribution in [2.45, 2.75) is 58.3 Å². The van der Waals surface area contributed by atoms with Crippen LogP contribution in [0.3, 0.4) is 0 Å². The molecule has 1 fully saturated rings. The average molecular weight is 499 g/mol. The van der Waals surface area contributed by atoms with Crippen molar-refractivity contribution in [1.29, 1.82) is 0 Å². The number of pyridine rings is 1. The number of nitrogens with one attached hydrogen (secondary N) is 2. The van der Waals surface area contributed by atoms with E-state index in [0.717, 1.165) is 35.3 Å². The Bertz CT molecular complexity index is 1370. The second kappa shape index (κ2) is 11.5. The van der Waals surface area contributed by atoms with Gasteiger partial charge in [0.15, 0.2) is 5.82 Å². The molecule has 37 heavy (non-hydrogen) atoms. The highest BCUT2D eigenvalue weighted by atomic mass is 16.5. The lowest BCUT2D eigenvalue weighted by Crippen LogP contribution is -2.13. The van der Waals surface area contributed by atoms with E-state index in [1.807, 2.05) is 31.2 Å². The predicted molar refractivity (Wildman–Crippen MR) is 146 cm³/mol. The number of hydrogen-bond donors (Lipinski definition) is 2. The highest BCUT2D eigenvalue weighted by Crippen LogP contribution is 2.41. The molecule has 7 heteroatoms. The zero-order chi connectivity index (χ0) is 25.6. The molecule has 2 aromatic carbocycles. The Hall–Kier alpha value is -3.87. The molecule has 192 valence electrons. The van der Waals surface area contributed by atoms with Crippen LogP contribution in [-0.4, -0.2) is 33.4 Å². The lowest BCUT2D eigenvalue weighted by Gasteiger charge is -2.15. The summed E-state index contributed by atoms with van der Waals surface area (Å²) in [6, 6.07) is 16.3. The molecule has 2 heterocycles. The maximum absolute atomic E-state index is 13.4. The summed E-state index contributed by atoms with van der Waals surface area (Å²) < 4.78 is 12.0. The number of H-pyrrole nitrogens is 2. The van der Waals surface area contributed by atoms with Crippen LogP contribution >= 0.6 is 0 Å². The molecular weight excluding hydrogens is 464 g/mol. The maximum Gasteiger partial charge on any atom is 0.260 e. The van der Waals surface area contributed by atoms with Crippen LogP contribution in [0.25, 0.3) is 33.8 Å². The molecular formula is C30H34N4O3. The number of rotatable bonds is 12. The summed E-state index contributed by atoms with van der Waals surface area (Å²) in [6.07, 6.45) is 8.51. The van der Waals surface area contributed by atoms with E-state index in [1.165, 1.54) is 37.6 Å². The lowest BCUT2D eigenvalue weighted by molar-refractivity contribution is 0.299. The van der Waals surface area contributed by atoms with E-state index < -0.39 is 0 Å². The molecule has 2 N–H and O–H groups in total. The fourth-order valence-electron chi connectivity index (χ4n) is 4.65. The van der Waals surface area contributed by atoms with Gasteiger partial charge in [-0.1, -0.05) is 50.5 Å². The standard InChI is InChI=1S/C30H34N4O3/c1-3-5-6-7-16-37-23-14-15-24(27(17-23)36-4-2)26-18-25(22-12-10-21(11-13-22)20-8-9-20)28(30(35)33-26)29-31-19-32-34-29/h10-15,17-20H,3-9,16H2,1-2H3,(H,33,35)(H,31,32,34). The molecule has 0 spiro atoms. The molecule has 0 saturated heterocycles. The minimum Gasteiger partial charge on any atom is -0.493 e. The Balaban J connectivity index is 1.52. The van der Waals surface area contributed by atoms with Crippen molar-refractivity contribution in [1.82, 2.24) is 20.2 Å². The highest BCUT2D eigenvalue weighted by Gasteiger charge is 2.24. The molecule has 2 aromatic heterocycles. The van der Waals surface area contributed by atoms with Crippen molar-refractivity contribution in [3.05, 3.63) is 70.8 Å². The fourth-order valence-corrected chi connectivity index (χ4v) is 4.65. The van der Waals surface area contributed by atoms with Crippen LogP contribution in [0, 0.1) is 0 Å². The van der Waals surface area contributed by atoms with Crippen molar-refractivity contribution >= 4 is 0 Å². The van der Waals surface area contributed by atoms with Crippen molar-refractivity contribution in [3.63, 3.8) is 0 Å². The van der Waals surface area contributed by atoms with Gasteiger partial charge in [-0.3, -0.25) is 9.89 Å². The number of unbranched alkanes of at least 4 members (excludes halogenated alkanes) is 3. The van der Waals surface area contributed by atoms with E-state index in [-0.39, 0.29) is 5.56 Å². The zero-order valence-electron chi connectivity index (χ0n) is 21.5. The summed E-state index contributed by atoms with van der Waals surface area (Å²) in [5, 5.41) is 6.82. The number of nitrogens with zero attached hydrogens (tertiary/aromatic N) is 2. The van der Waals surface area contributed by atoms with Crippen molar-refractivity contribution in [3.8, 4) is 45.3 Å². The number of aromatic amines is 2. The third-order valence-corrected chi connectivity index (χ3v) is 6.77. The third kappa shape index (κ3) is 5.77. The van der Waals surface area contributed by atoms with Gasteiger partial charge in [-0.25, -0.2) is 4.98 Å². The number of hydrogen-bond acceptors (Lipinski definition) is 5. The highest BCUT2D eigenvalue weighted by molar-refractivity contribution is 5.84. The van der Waals surface area contributed by atoms with Crippen LogP contribution < -0.4 is 15.0 Å². The Morgan fingerprint density at radius 3 is 2.49 bits per heavy atom. The first-order valence-corrected chi connectivity index (χ1v) is 13.3. The summed E-state index contributed by atoms with van der Waals surface area (Å²) in [5.74, 6) is 2.54. The van der Waals surface area contributed by atoms with Crippen LogP contribution in [0.5, 0.6) is 11.5 Å². The SMILES string of the molecule is CCCCCCOc1ccc(-c2cc(-c3ccc(C4CC4)cc3)c(-c3ncn[nH]3)c(=O)[nH]2)c(OCC)c1. The largest absolute Gasteiger partial charge is 0.493 e. The van der Waals surface area contributed by atoms with Crippen LogP contribution in [0.4, 0.5) is 0 Å². The Morgan fingerprint density at radius 2 is 1.78 bits per heavy atom. The second-order valence-electron chi connectivity index (χ2n) is 9.53. The minimum absolute atomic E-state index is 0.241. The van der Waals surface area contributed by atoms with Crippen molar-refractivity contribution in [2.75, 3.05) is 13.2 Å². The smallest absolute Gasteiger partial charge is 0.260 e. The quantitative estimate of drug-likeness (QED) is 0.211. The van der Waals surface area contributed by atoms with Crippen LogP contribution in [0.15, 0.2) is 59.7 Å². The molecule has 0 bridgehead atoms. The van der Waals surface area contributed by atoms with E-state index in [9.17, 15) is 4.79 Å². The average Bonchev–Trinajstić information content (AvgIpc) is 3.63. The topological polar surface area (TPSA) is 92.9 Å². The molecule has 0 atom stereocenters. The van der Waals surface area contributed by atoms with Gasteiger partial charge in [-0.2, -0.15) is 5.10 Å². The summed E-state index contributed by atoms with van der Waals surface area (Å²) in [6.45, 7) is 5.33. The zero-order valence-corrected chi connectivity index (χ0v) is 21.5.